The van der Waals surface area contributed by atoms with Crippen LogP contribution in [0.4, 0.5) is 4.79 Å². The molecule has 2 atom stereocenters. The van der Waals surface area contributed by atoms with Crippen molar-refractivity contribution in [1.29, 1.82) is 0 Å². The minimum Gasteiger partial charge on any atom is -0.339 e. The Labute approximate surface area is 174 Å². The highest BCUT2D eigenvalue weighted by Crippen LogP contribution is 2.42. The zero-order valence-corrected chi connectivity index (χ0v) is 17.5. The number of benzene rings is 1. The van der Waals surface area contributed by atoms with E-state index >= 15 is 0 Å². The Bertz CT molecular complexity index is 703. The van der Waals surface area contributed by atoms with Crippen LogP contribution in [0.1, 0.15) is 37.7 Å². The van der Waals surface area contributed by atoms with E-state index in [2.05, 4.69) is 0 Å². The van der Waals surface area contributed by atoms with Crippen LogP contribution >= 0.6 is 0 Å². The Kier molecular flexibility index (Phi) is 6.09. The van der Waals surface area contributed by atoms with Crippen LogP contribution in [0, 0.1) is 17.8 Å². The first kappa shape index (κ1) is 20.2. The van der Waals surface area contributed by atoms with Gasteiger partial charge in [0.1, 0.15) is 0 Å². The number of hydrogen-bond acceptors (Lipinski definition) is 3. The van der Waals surface area contributed by atoms with Crippen molar-refractivity contribution < 1.29 is 9.59 Å². The third kappa shape index (κ3) is 4.42. The molecule has 1 aromatic carbocycles. The number of nitrogens with zero attached hydrogens (tertiary/aromatic N) is 3. The third-order valence-corrected chi connectivity index (χ3v) is 7.21. The largest absolute Gasteiger partial charge is 0.339 e. The molecule has 6 heteroatoms. The van der Waals surface area contributed by atoms with Crippen molar-refractivity contribution in [2.45, 2.75) is 44.7 Å². The van der Waals surface area contributed by atoms with Gasteiger partial charge >= 0.3 is 6.03 Å². The number of amides is 3. The molecule has 2 N–H and O–H groups in total. The fraction of sp³-hybridized carbons (Fsp3) is 0.652. The molecule has 29 heavy (non-hydrogen) atoms. The monoisotopic (exact) mass is 398 g/mol. The molecule has 6 nitrogen and oxygen atoms in total. The third-order valence-electron chi connectivity index (χ3n) is 7.21. The second kappa shape index (κ2) is 8.74. The van der Waals surface area contributed by atoms with E-state index in [1.807, 2.05) is 47.2 Å². The van der Waals surface area contributed by atoms with Crippen LogP contribution in [-0.4, -0.2) is 65.9 Å². The highest BCUT2D eigenvalue weighted by atomic mass is 16.2. The average Bonchev–Trinajstić information content (AvgIpc) is 2.73. The van der Waals surface area contributed by atoms with E-state index in [-0.39, 0.29) is 11.9 Å². The van der Waals surface area contributed by atoms with Gasteiger partial charge < -0.3 is 20.4 Å². The van der Waals surface area contributed by atoms with Crippen molar-refractivity contribution in [1.82, 2.24) is 14.7 Å². The Morgan fingerprint density at radius 1 is 1.00 bits per heavy atom. The van der Waals surface area contributed by atoms with Gasteiger partial charge in [-0.3, -0.25) is 4.79 Å². The lowest BCUT2D eigenvalue weighted by Crippen LogP contribution is -2.56. The maximum atomic E-state index is 13.1. The maximum Gasteiger partial charge on any atom is 0.320 e. The summed E-state index contributed by atoms with van der Waals surface area (Å²) in [5, 5.41) is 0. The molecule has 0 spiro atoms. The summed E-state index contributed by atoms with van der Waals surface area (Å²) >= 11 is 0. The van der Waals surface area contributed by atoms with E-state index in [4.69, 9.17) is 5.73 Å². The van der Waals surface area contributed by atoms with Crippen LogP contribution in [0.25, 0.3) is 0 Å². The molecule has 3 amide bonds. The predicted octanol–water partition coefficient (Wildman–Crippen LogP) is 2.54. The van der Waals surface area contributed by atoms with Gasteiger partial charge in [-0.05, 0) is 43.1 Å². The van der Waals surface area contributed by atoms with Gasteiger partial charge in [-0.1, -0.05) is 36.8 Å². The molecular formula is C23H34N4O2. The van der Waals surface area contributed by atoms with Gasteiger partial charge in [0, 0.05) is 51.7 Å². The second-order valence-corrected chi connectivity index (χ2v) is 9.13. The number of fused-ring (bicyclic) bond motifs is 2. The number of urea groups is 1. The number of rotatable bonds is 3. The van der Waals surface area contributed by atoms with Crippen LogP contribution < -0.4 is 5.73 Å². The number of hydrogen-bond donors (Lipinski definition) is 1. The van der Waals surface area contributed by atoms with Crippen LogP contribution in [0.5, 0.6) is 0 Å². The van der Waals surface area contributed by atoms with Crippen LogP contribution in [0.2, 0.25) is 0 Å². The van der Waals surface area contributed by atoms with Gasteiger partial charge in [0.2, 0.25) is 5.91 Å². The van der Waals surface area contributed by atoms with Crippen molar-refractivity contribution in [3.63, 3.8) is 0 Å². The first-order chi connectivity index (χ1) is 14.0. The lowest BCUT2D eigenvalue weighted by Gasteiger charge is -2.45. The minimum atomic E-state index is 0.0409. The molecule has 2 unspecified atom stereocenters. The Morgan fingerprint density at radius 3 is 2.21 bits per heavy atom. The zero-order chi connectivity index (χ0) is 20.4. The lowest BCUT2D eigenvalue weighted by atomic mass is 9.65. The topological polar surface area (TPSA) is 69.9 Å². The molecule has 4 rings (SSSR count). The van der Waals surface area contributed by atoms with Gasteiger partial charge in [0.25, 0.3) is 0 Å². The van der Waals surface area contributed by atoms with Crippen molar-refractivity contribution in [3.05, 3.63) is 35.9 Å². The Hall–Kier alpha value is -2.08. The molecule has 2 bridgehead atoms. The fourth-order valence-electron chi connectivity index (χ4n) is 5.53. The van der Waals surface area contributed by atoms with Crippen molar-refractivity contribution >= 4 is 11.9 Å². The number of nitrogens with two attached hydrogens (primary N) is 1. The van der Waals surface area contributed by atoms with E-state index in [1.165, 1.54) is 19.3 Å². The minimum absolute atomic E-state index is 0.0409. The SMILES string of the molecule is CN(Cc1ccccc1)C(=O)N1CCN(C(=O)C2CC3CCCC(C2)C3N)CC1. The average molecular weight is 399 g/mol. The lowest BCUT2D eigenvalue weighted by molar-refractivity contribution is -0.140. The molecule has 1 aliphatic heterocycles. The maximum absolute atomic E-state index is 13.1. The fourth-order valence-corrected chi connectivity index (χ4v) is 5.53. The molecule has 0 radical (unpaired) electrons. The van der Waals surface area contributed by atoms with Crippen molar-refractivity contribution in [3.8, 4) is 0 Å². The molecule has 0 aromatic heterocycles. The first-order valence-electron chi connectivity index (χ1n) is 11.1. The molecular weight excluding hydrogens is 364 g/mol. The molecule has 1 saturated heterocycles. The van der Waals surface area contributed by atoms with Crippen LogP contribution in [-0.2, 0) is 11.3 Å². The van der Waals surface area contributed by atoms with E-state index < -0.39 is 0 Å². The highest BCUT2D eigenvalue weighted by molar-refractivity contribution is 5.80. The van der Waals surface area contributed by atoms with E-state index in [9.17, 15) is 9.59 Å². The molecule has 3 fully saturated rings. The molecule has 1 aromatic rings. The standard InChI is InChI=1S/C23H34N4O2/c1-25(16-17-6-3-2-4-7-17)23(29)27-12-10-26(11-13-27)22(28)20-14-18-8-5-9-19(15-20)21(18)24/h2-4,6-7,18-21H,5,8-16,24H2,1H3. The van der Waals surface area contributed by atoms with Crippen LogP contribution in [0.3, 0.4) is 0 Å². The molecule has 158 valence electrons. The number of piperazine rings is 1. The highest BCUT2D eigenvalue weighted by Gasteiger charge is 2.42. The zero-order valence-electron chi connectivity index (χ0n) is 17.5. The Morgan fingerprint density at radius 2 is 1.59 bits per heavy atom. The number of carbonyl (C=O) groups excluding carboxylic acids is 2. The summed E-state index contributed by atoms with van der Waals surface area (Å²) in [7, 11) is 1.84. The molecule has 1 heterocycles. The van der Waals surface area contributed by atoms with Gasteiger partial charge in [-0.2, -0.15) is 0 Å². The smallest absolute Gasteiger partial charge is 0.320 e. The summed E-state index contributed by atoms with van der Waals surface area (Å²) in [5.74, 6) is 1.46. The molecule has 3 aliphatic rings. The summed E-state index contributed by atoms with van der Waals surface area (Å²) in [6.07, 6.45) is 5.53. The summed E-state index contributed by atoms with van der Waals surface area (Å²) in [4.78, 5) is 31.5. The second-order valence-electron chi connectivity index (χ2n) is 9.13. The van der Waals surface area contributed by atoms with Gasteiger partial charge in [-0.15, -0.1) is 0 Å². The Balaban J connectivity index is 1.28. The van der Waals surface area contributed by atoms with Gasteiger partial charge in [-0.25, -0.2) is 4.79 Å². The summed E-state index contributed by atoms with van der Waals surface area (Å²) in [5.41, 5.74) is 7.51. The molecule has 2 saturated carbocycles. The van der Waals surface area contributed by atoms with Crippen molar-refractivity contribution in [2.75, 3.05) is 33.2 Å². The van der Waals surface area contributed by atoms with Crippen molar-refractivity contribution in [2.24, 2.45) is 23.5 Å². The quantitative estimate of drug-likeness (QED) is 0.851. The first-order valence-corrected chi connectivity index (χ1v) is 11.1. The van der Waals surface area contributed by atoms with Gasteiger partial charge in [0.05, 0.1) is 0 Å². The normalized spacial score (nSPS) is 29.4. The predicted molar refractivity (Wildman–Crippen MR) is 113 cm³/mol. The van der Waals surface area contributed by atoms with E-state index in [0.717, 1.165) is 18.4 Å². The van der Waals surface area contributed by atoms with Crippen LogP contribution in [0.15, 0.2) is 30.3 Å². The molecule has 2 aliphatic carbocycles. The summed E-state index contributed by atoms with van der Waals surface area (Å²) < 4.78 is 0. The van der Waals surface area contributed by atoms with Gasteiger partial charge in [0.15, 0.2) is 0 Å². The van der Waals surface area contributed by atoms with E-state index in [1.54, 1.807) is 4.90 Å². The summed E-state index contributed by atoms with van der Waals surface area (Å²) in [6, 6.07) is 10.4. The summed E-state index contributed by atoms with van der Waals surface area (Å²) in [6.45, 7) is 3.11. The van der Waals surface area contributed by atoms with E-state index in [0.29, 0.717) is 56.5 Å². The number of carbonyl (C=O) groups is 2.